The summed E-state index contributed by atoms with van der Waals surface area (Å²) >= 11 is 1.55. The number of pyridine rings is 1. The summed E-state index contributed by atoms with van der Waals surface area (Å²) in [5.41, 5.74) is -0.708. The lowest BCUT2D eigenvalue weighted by Gasteiger charge is -1.99. The van der Waals surface area contributed by atoms with Crippen LogP contribution in [-0.2, 0) is 0 Å². The molecule has 70 valence electrons. The summed E-state index contributed by atoms with van der Waals surface area (Å²) in [6, 6.07) is 1.97. The van der Waals surface area contributed by atoms with Gasteiger partial charge in [-0.3, -0.25) is 10.1 Å². The predicted molar refractivity (Wildman–Crippen MR) is 48.6 cm³/mol. The van der Waals surface area contributed by atoms with Crippen molar-refractivity contribution in [2.24, 2.45) is 0 Å². The zero-order chi connectivity index (χ0) is 10.0. The van der Waals surface area contributed by atoms with Crippen LogP contribution in [0.3, 0.4) is 0 Å². The Bertz CT molecular complexity index is 345. The van der Waals surface area contributed by atoms with Crippen LogP contribution in [0, 0.1) is 13.8 Å². The van der Waals surface area contributed by atoms with Gasteiger partial charge in [0, 0.05) is 6.07 Å². The van der Waals surface area contributed by atoms with E-state index in [2.05, 4.69) is 4.98 Å². The molecule has 0 aliphatic heterocycles. The van der Waals surface area contributed by atoms with Crippen molar-refractivity contribution in [2.75, 3.05) is 0 Å². The summed E-state index contributed by atoms with van der Waals surface area (Å²) in [7, 11) is 0. The van der Waals surface area contributed by atoms with Gasteiger partial charge >= 0.3 is 5.69 Å². The van der Waals surface area contributed by atoms with Crippen molar-refractivity contribution in [3.05, 3.63) is 31.6 Å². The maximum Gasteiger partial charge on any atom is 0.301 e. The molecule has 0 N–H and O–H groups in total. The lowest BCUT2D eigenvalue weighted by atomic mass is 10.3. The monoisotopic (exact) mass is 300 g/mol. The molecule has 1 aromatic heterocycles. The topological polar surface area (TPSA) is 56.0 Å². The van der Waals surface area contributed by atoms with Gasteiger partial charge in [-0.05, 0) is 28.7 Å². The van der Waals surface area contributed by atoms with E-state index in [4.69, 9.17) is 0 Å². The summed E-state index contributed by atoms with van der Waals surface area (Å²) < 4.78 is 24.1. The minimum Gasteiger partial charge on any atom is -0.258 e. The van der Waals surface area contributed by atoms with Crippen LogP contribution >= 0.6 is 22.6 Å². The second-order valence-corrected chi connectivity index (χ2v) is 3.13. The van der Waals surface area contributed by atoms with Gasteiger partial charge < -0.3 is 0 Å². The summed E-state index contributed by atoms with van der Waals surface area (Å²) in [4.78, 5) is 13.0. The Morgan fingerprint density at radius 3 is 2.54 bits per heavy atom. The Morgan fingerprint density at radius 1 is 1.54 bits per heavy atom. The van der Waals surface area contributed by atoms with E-state index >= 15 is 0 Å². The number of nitrogens with zero attached hydrogens (tertiary/aromatic N) is 2. The SMILES string of the molecule is O=[N+]([O-])c1ccc(C(F)F)nc1I. The third-order valence-electron chi connectivity index (χ3n) is 1.27. The van der Waals surface area contributed by atoms with Gasteiger partial charge in [-0.25, -0.2) is 13.8 Å². The van der Waals surface area contributed by atoms with E-state index in [9.17, 15) is 18.9 Å². The van der Waals surface area contributed by atoms with Crippen LogP contribution in [0.4, 0.5) is 14.5 Å². The molecule has 0 amide bonds. The van der Waals surface area contributed by atoms with Gasteiger partial charge in [0.1, 0.15) is 5.69 Å². The quantitative estimate of drug-likeness (QED) is 0.365. The first-order valence-electron chi connectivity index (χ1n) is 3.11. The van der Waals surface area contributed by atoms with Gasteiger partial charge in [0.2, 0.25) is 0 Å². The van der Waals surface area contributed by atoms with Crippen LogP contribution in [0.25, 0.3) is 0 Å². The Kier molecular flexibility index (Phi) is 3.07. The van der Waals surface area contributed by atoms with Gasteiger partial charge in [-0.15, -0.1) is 0 Å². The van der Waals surface area contributed by atoms with E-state index in [0.29, 0.717) is 0 Å². The maximum absolute atomic E-state index is 12.0. The van der Waals surface area contributed by atoms with Crippen LogP contribution in [0.1, 0.15) is 12.1 Å². The molecule has 1 aromatic rings. The molecule has 0 bridgehead atoms. The van der Waals surface area contributed by atoms with Gasteiger partial charge in [-0.2, -0.15) is 0 Å². The Hall–Kier alpha value is -0.860. The molecule has 1 rings (SSSR count). The van der Waals surface area contributed by atoms with E-state index in [0.717, 1.165) is 12.1 Å². The van der Waals surface area contributed by atoms with Crippen molar-refractivity contribution < 1.29 is 13.7 Å². The van der Waals surface area contributed by atoms with Crippen molar-refractivity contribution >= 4 is 28.3 Å². The van der Waals surface area contributed by atoms with Crippen molar-refractivity contribution in [3.63, 3.8) is 0 Å². The van der Waals surface area contributed by atoms with E-state index in [1.807, 2.05) is 0 Å². The first-order chi connectivity index (χ1) is 6.02. The molecular weight excluding hydrogens is 297 g/mol. The first-order valence-corrected chi connectivity index (χ1v) is 4.19. The van der Waals surface area contributed by atoms with Crippen LogP contribution in [0.5, 0.6) is 0 Å². The molecule has 13 heavy (non-hydrogen) atoms. The number of rotatable bonds is 2. The van der Waals surface area contributed by atoms with Gasteiger partial charge in [0.25, 0.3) is 6.43 Å². The maximum atomic E-state index is 12.0. The number of alkyl halides is 2. The molecule has 7 heteroatoms. The Labute approximate surface area is 85.3 Å². The number of hydrogen-bond donors (Lipinski definition) is 0. The highest BCUT2D eigenvalue weighted by Crippen LogP contribution is 2.23. The van der Waals surface area contributed by atoms with Crippen molar-refractivity contribution in [3.8, 4) is 0 Å². The standard InChI is InChI=1S/C6H3F2IN2O2/c7-5(8)3-1-2-4(11(12)13)6(9)10-3/h1-2,5H. The molecule has 0 atom stereocenters. The normalized spacial score (nSPS) is 10.5. The summed E-state index contributed by atoms with van der Waals surface area (Å²) in [5, 5.41) is 10.3. The number of hydrogen-bond acceptors (Lipinski definition) is 3. The average molecular weight is 300 g/mol. The van der Waals surface area contributed by atoms with Crippen molar-refractivity contribution in [2.45, 2.75) is 6.43 Å². The Morgan fingerprint density at radius 2 is 2.15 bits per heavy atom. The molecule has 0 radical (unpaired) electrons. The molecule has 1 heterocycles. The van der Waals surface area contributed by atoms with Crippen molar-refractivity contribution in [1.82, 2.24) is 4.98 Å². The molecule has 4 nitrogen and oxygen atoms in total. The van der Waals surface area contributed by atoms with Gasteiger partial charge in [0.05, 0.1) is 4.92 Å². The molecule has 0 unspecified atom stereocenters. The molecule has 0 saturated carbocycles. The molecule has 0 spiro atoms. The molecular formula is C6H3F2IN2O2. The van der Waals surface area contributed by atoms with Crippen LogP contribution < -0.4 is 0 Å². The summed E-state index contributed by atoms with van der Waals surface area (Å²) in [5.74, 6) is 0. The highest BCUT2D eigenvalue weighted by molar-refractivity contribution is 14.1. The van der Waals surface area contributed by atoms with E-state index in [-0.39, 0.29) is 9.39 Å². The summed E-state index contributed by atoms with van der Waals surface area (Å²) in [6.45, 7) is 0. The average Bonchev–Trinajstić information content (AvgIpc) is 2.03. The molecule has 0 aliphatic carbocycles. The molecule has 0 aromatic carbocycles. The van der Waals surface area contributed by atoms with Gasteiger partial charge in [0.15, 0.2) is 3.70 Å². The van der Waals surface area contributed by atoms with Crippen molar-refractivity contribution in [1.29, 1.82) is 0 Å². The third-order valence-corrected chi connectivity index (χ3v) is 2.06. The second kappa shape index (κ2) is 3.90. The Balaban J connectivity index is 3.13. The van der Waals surface area contributed by atoms with Crippen LogP contribution in [0.15, 0.2) is 12.1 Å². The minimum absolute atomic E-state index is 0.0274. The van der Waals surface area contributed by atoms with E-state index in [1.54, 1.807) is 22.6 Å². The number of aromatic nitrogens is 1. The molecule has 0 fully saturated rings. The van der Waals surface area contributed by atoms with Gasteiger partial charge in [-0.1, -0.05) is 0 Å². The number of nitro groups is 1. The minimum atomic E-state index is -2.70. The zero-order valence-corrected chi connectivity index (χ0v) is 8.23. The summed E-state index contributed by atoms with van der Waals surface area (Å²) in [6.07, 6.45) is -2.70. The lowest BCUT2D eigenvalue weighted by Crippen LogP contribution is -1.97. The smallest absolute Gasteiger partial charge is 0.258 e. The molecule has 0 aliphatic rings. The fourth-order valence-corrected chi connectivity index (χ4v) is 1.35. The highest BCUT2D eigenvalue weighted by atomic mass is 127. The van der Waals surface area contributed by atoms with Crippen LogP contribution in [-0.4, -0.2) is 9.91 Å². The fraction of sp³-hybridized carbons (Fsp3) is 0.167. The van der Waals surface area contributed by atoms with Crippen LogP contribution in [0.2, 0.25) is 0 Å². The number of halogens is 3. The molecule has 0 saturated heterocycles. The van der Waals surface area contributed by atoms with E-state index in [1.165, 1.54) is 0 Å². The third kappa shape index (κ3) is 2.29. The predicted octanol–water partition coefficient (Wildman–Crippen LogP) is 2.53. The largest absolute Gasteiger partial charge is 0.301 e. The lowest BCUT2D eigenvalue weighted by molar-refractivity contribution is -0.386. The zero-order valence-electron chi connectivity index (χ0n) is 6.08. The fourth-order valence-electron chi connectivity index (χ4n) is 0.699. The second-order valence-electron chi connectivity index (χ2n) is 2.10. The first kappa shape index (κ1) is 10.2. The highest BCUT2D eigenvalue weighted by Gasteiger charge is 2.16. The van der Waals surface area contributed by atoms with E-state index < -0.39 is 17.0 Å².